The molecule has 3 rings (SSSR count). The fourth-order valence-electron chi connectivity index (χ4n) is 6.81. The molecule has 1 heterocycles. The molecule has 5 amide bonds. The second-order valence-corrected chi connectivity index (χ2v) is 20.1. The van der Waals surface area contributed by atoms with Crippen molar-refractivity contribution >= 4 is 62.6 Å². The molecule has 5 atom stereocenters. The largest absolute Gasteiger partial charge is 0.346 e. The molecular formula is C34H55Cl2N5O7S. The smallest absolute Gasteiger partial charge is 0.315 e. The van der Waals surface area contributed by atoms with Crippen LogP contribution >= 0.6 is 23.2 Å². The molecule has 2 saturated carbocycles. The number of carbonyl (C=O) groups excluding carboxylic acids is 5. The van der Waals surface area contributed by atoms with Gasteiger partial charge in [-0.2, -0.15) is 0 Å². The molecule has 0 aromatic carbocycles. The van der Waals surface area contributed by atoms with E-state index < -0.39 is 89.4 Å². The van der Waals surface area contributed by atoms with Crippen molar-refractivity contribution in [2.24, 2.45) is 17.3 Å². The van der Waals surface area contributed by atoms with Crippen molar-refractivity contribution in [1.29, 1.82) is 0 Å². The van der Waals surface area contributed by atoms with Gasteiger partial charge in [-0.15, -0.1) is 29.8 Å². The Morgan fingerprint density at radius 1 is 1.00 bits per heavy atom. The number of carbonyl (C=O) groups is 5. The number of urea groups is 1. The van der Waals surface area contributed by atoms with Crippen LogP contribution in [-0.2, 0) is 29.0 Å². The summed E-state index contributed by atoms with van der Waals surface area (Å²) in [6.45, 7) is 15.8. The number of unbranched alkanes of at least 4 members (excludes halogenated alkanes) is 1. The van der Waals surface area contributed by atoms with Crippen LogP contribution in [0.25, 0.3) is 0 Å². The highest BCUT2D eigenvalue weighted by Crippen LogP contribution is 2.65. The molecule has 3 aliphatic rings. The van der Waals surface area contributed by atoms with Crippen molar-refractivity contribution in [3.8, 4) is 0 Å². The molecule has 2 aliphatic carbocycles. The Balaban J connectivity index is 1.86. The van der Waals surface area contributed by atoms with E-state index in [0.29, 0.717) is 25.7 Å². The van der Waals surface area contributed by atoms with Crippen LogP contribution in [0.2, 0.25) is 0 Å². The molecule has 49 heavy (non-hydrogen) atoms. The highest BCUT2D eigenvalue weighted by Gasteiger charge is 2.74. The second-order valence-electron chi connectivity index (χ2n) is 15.9. The molecule has 0 radical (unpaired) electrons. The third-order valence-corrected chi connectivity index (χ3v) is 13.8. The zero-order valence-corrected chi connectivity index (χ0v) is 32.2. The highest BCUT2D eigenvalue weighted by molar-refractivity contribution is 7.92. The van der Waals surface area contributed by atoms with Crippen LogP contribution in [-0.4, -0.2) is 94.4 Å². The van der Waals surface area contributed by atoms with Crippen LogP contribution in [0.5, 0.6) is 0 Å². The maximum Gasteiger partial charge on any atom is 0.315 e. The molecule has 0 spiro atoms. The van der Waals surface area contributed by atoms with Gasteiger partial charge in [0.1, 0.15) is 16.4 Å². The number of amides is 5. The Morgan fingerprint density at radius 3 is 2.14 bits per heavy atom. The second kappa shape index (κ2) is 15.5. The van der Waals surface area contributed by atoms with E-state index in [0.717, 1.165) is 19.3 Å². The first-order chi connectivity index (χ1) is 22.5. The number of piperidine rings is 1. The predicted molar refractivity (Wildman–Crippen MR) is 191 cm³/mol. The summed E-state index contributed by atoms with van der Waals surface area (Å²) in [5.74, 6) is -4.15. The lowest BCUT2D eigenvalue weighted by molar-refractivity contribution is -0.144. The number of hydrogen-bond donors (Lipinski definition) is 4. The summed E-state index contributed by atoms with van der Waals surface area (Å²) in [4.78, 5) is 68.9. The van der Waals surface area contributed by atoms with E-state index in [9.17, 15) is 32.4 Å². The number of sulfone groups is 1. The average molecular weight is 749 g/mol. The van der Waals surface area contributed by atoms with Gasteiger partial charge in [-0.25, -0.2) is 13.2 Å². The fraction of sp³-hybridized carbons (Fsp3) is 0.794. The average Bonchev–Trinajstić information content (AvgIpc) is 3.30. The number of rotatable bonds is 14. The molecule has 1 aliphatic heterocycles. The molecule has 0 aromatic heterocycles. The van der Waals surface area contributed by atoms with Crippen LogP contribution in [0.4, 0.5) is 4.79 Å². The van der Waals surface area contributed by atoms with Gasteiger partial charge < -0.3 is 26.2 Å². The van der Waals surface area contributed by atoms with Crippen LogP contribution in [0.3, 0.4) is 0 Å². The number of halogens is 2. The molecule has 0 bridgehead atoms. The zero-order valence-electron chi connectivity index (χ0n) is 29.9. The quantitative estimate of drug-likeness (QED) is 0.119. The SMILES string of the molecule is C=CCNC(=O)C(=O)[C@H](CCCC)NC(=O)[C@@H]1[C@@H]2C(CN1C(=O)[C@@H](NC(=O)NC1(CS(=O)(=O)C(C)(C)C)CCCCC1)C(C)(C)C)C2(Cl)Cl. The number of fused-ring (bicyclic) bond motifs is 1. The Hall–Kier alpha value is -2.38. The van der Waals surface area contributed by atoms with E-state index in [1.54, 1.807) is 41.5 Å². The molecule has 1 unspecified atom stereocenters. The number of likely N-dealkylation sites (tertiary alicyclic amines) is 1. The van der Waals surface area contributed by atoms with Gasteiger partial charge in [0.05, 0.1) is 22.1 Å². The fourth-order valence-corrected chi connectivity index (χ4v) is 9.16. The van der Waals surface area contributed by atoms with Gasteiger partial charge in [0.15, 0.2) is 9.84 Å². The van der Waals surface area contributed by atoms with E-state index in [4.69, 9.17) is 23.2 Å². The minimum atomic E-state index is -3.59. The minimum absolute atomic E-state index is 0.0472. The van der Waals surface area contributed by atoms with Crippen molar-refractivity contribution in [2.45, 2.75) is 133 Å². The number of Topliss-reactive ketones (excluding diaryl/α,β-unsaturated/α-hetero) is 1. The Morgan fingerprint density at radius 2 is 1.61 bits per heavy atom. The normalized spacial score (nSPS) is 24.1. The summed E-state index contributed by atoms with van der Waals surface area (Å²) in [6, 6.07) is -4.09. The highest BCUT2D eigenvalue weighted by atomic mass is 35.5. The first-order valence-electron chi connectivity index (χ1n) is 17.3. The summed E-state index contributed by atoms with van der Waals surface area (Å²) in [5, 5.41) is 10.9. The number of hydrogen-bond acceptors (Lipinski definition) is 7. The lowest BCUT2D eigenvalue weighted by atomic mass is 9.83. The van der Waals surface area contributed by atoms with Gasteiger partial charge in [0.25, 0.3) is 5.91 Å². The van der Waals surface area contributed by atoms with E-state index in [-0.39, 0.29) is 25.3 Å². The van der Waals surface area contributed by atoms with Crippen molar-refractivity contribution in [3.05, 3.63) is 12.7 Å². The molecule has 3 fully saturated rings. The topological polar surface area (TPSA) is 171 Å². The minimum Gasteiger partial charge on any atom is -0.346 e. The molecule has 0 aromatic rings. The van der Waals surface area contributed by atoms with Crippen molar-refractivity contribution < 1.29 is 32.4 Å². The van der Waals surface area contributed by atoms with Gasteiger partial charge in [0.2, 0.25) is 17.6 Å². The van der Waals surface area contributed by atoms with Gasteiger partial charge in [-0.3, -0.25) is 19.2 Å². The van der Waals surface area contributed by atoms with Crippen LogP contribution < -0.4 is 21.3 Å². The van der Waals surface area contributed by atoms with Gasteiger partial charge in [0, 0.05) is 24.9 Å². The lowest BCUT2D eigenvalue weighted by Crippen LogP contribution is -2.64. The summed E-state index contributed by atoms with van der Waals surface area (Å²) < 4.78 is 24.3. The van der Waals surface area contributed by atoms with Gasteiger partial charge in [-0.05, 0) is 45.4 Å². The van der Waals surface area contributed by atoms with E-state index in [1.165, 1.54) is 11.0 Å². The van der Waals surface area contributed by atoms with Crippen molar-refractivity contribution in [2.75, 3.05) is 18.8 Å². The summed E-state index contributed by atoms with van der Waals surface area (Å²) >= 11 is 13.1. The maximum atomic E-state index is 14.4. The standard InChI is InChI=1S/C34H55Cl2N5O7S/c1-9-11-15-22(25(42)28(44)37-18-10-2)38-27(43)24-23-21(34(23,35)36)19-41(24)29(45)26(31(3,4)5)39-30(46)40-33(16-13-12-14-17-33)20-49(47,48)32(6,7)8/h10,21-24,26H,2,9,11-20H2,1,3-8H3,(H,37,44)(H,38,43)(H2,39,40,46)/t21?,22-,23-,24-,26+/m0/s1. The first-order valence-corrected chi connectivity index (χ1v) is 19.7. The zero-order chi connectivity index (χ0) is 37.2. The van der Waals surface area contributed by atoms with Crippen LogP contribution in [0.1, 0.15) is 99.8 Å². The van der Waals surface area contributed by atoms with Crippen LogP contribution in [0, 0.1) is 17.3 Å². The monoisotopic (exact) mass is 747 g/mol. The van der Waals surface area contributed by atoms with E-state index in [1.807, 2.05) is 6.92 Å². The molecule has 15 heteroatoms. The summed E-state index contributed by atoms with van der Waals surface area (Å²) in [6.07, 6.45) is 6.32. The number of alkyl halides is 2. The molecule has 278 valence electrons. The van der Waals surface area contributed by atoms with Crippen LogP contribution in [0.15, 0.2) is 12.7 Å². The third kappa shape index (κ3) is 9.49. The summed E-state index contributed by atoms with van der Waals surface area (Å²) in [5.41, 5.74) is -1.83. The third-order valence-electron chi connectivity index (χ3n) is 9.97. The molecule has 12 nitrogen and oxygen atoms in total. The number of nitrogens with one attached hydrogen (secondary N) is 4. The number of nitrogens with zero attached hydrogens (tertiary/aromatic N) is 1. The Kier molecular flexibility index (Phi) is 13.0. The van der Waals surface area contributed by atoms with E-state index in [2.05, 4.69) is 27.8 Å². The maximum absolute atomic E-state index is 14.4. The van der Waals surface area contributed by atoms with Gasteiger partial charge >= 0.3 is 6.03 Å². The Labute approximate surface area is 301 Å². The Bertz CT molecular complexity index is 1400. The van der Waals surface area contributed by atoms with Gasteiger partial charge in [-0.1, -0.05) is 65.9 Å². The molecule has 4 N–H and O–H groups in total. The predicted octanol–water partition coefficient (Wildman–Crippen LogP) is 3.79. The van der Waals surface area contributed by atoms with E-state index >= 15 is 0 Å². The molecular weight excluding hydrogens is 693 g/mol. The number of ketones is 1. The van der Waals surface area contributed by atoms with Crippen molar-refractivity contribution in [3.63, 3.8) is 0 Å². The molecule has 1 saturated heterocycles. The first kappa shape index (κ1) is 41.0. The van der Waals surface area contributed by atoms with Crippen molar-refractivity contribution in [1.82, 2.24) is 26.2 Å². The lowest BCUT2D eigenvalue weighted by Gasteiger charge is -2.41. The summed E-state index contributed by atoms with van der Waals surface area (Å²) in [7, 11) is -3.59.